The van der Waals surface area contributed by atoms with Crippen LogP contribution in [-0.4, -0.2) is 17.8 Å². The Morgan fingerprint density at radius 1 is 0.739 bits per heavy atom. The van der Waals surface area contributed by atoms with Crippen molar-refractivity contribution in [1.29, 1.82) is 0 Å². The molecule has 3 heteroatoms. The smallest absolute Gasteiger partial charge is 0.207 e. The Kier molecular flexibility index (Phi) is 6.21. The van der Waals surface area contributed by atoms with Crippen molar-refractivity contribution in [2.75, 3.05) is 13.1 Å². The summed E-state index contributed by atoms with van der Waals surface area (Å²) in [6.07, 6.45) is 0. The summed E-state index contributed by atoms with van der Waals surface area (Å²) in [4.78, 5) is 0. The van der Waals surface area contributed by atoms with E-state index in [0.717, 1.165) is 23.7 Å². The summed E-state index contributed by atoms with van der Waals surface area (Å²) < 4.78 is 16.5. The van der Waals surface area contributed by atoms with Gasteiger partial charge in [-0.1, -0.05) is 64.1 Å². The molecular weight excluding hydrogens is 301 g/mol. The maximum absolute atomic E-state index is 14.3. The van der Waals surface area contributed by atoms with Gasteiger partial charge in [-0.3, -0.25) is 4.57 Å². The molecule has 124 valence electrons. The zero-order chi connectivity index (χ0) is 16.9. The van der Waals surface area contributed by atoms with Crippen LogP contribution in [0.3, 0.4) is 0 Å². The van der Waals surface area contributed by atoms with Gasteiger partial charge in [-0.2, -0.15) is 0 Å². The lowest BCUT2D eigenvalue weighted by atomic mass is 10.2. The van der Waals surface area contributed by atoms with E-state index < -0.39 is 7.29 Å². The molecule has 0 heterocycles. The Hall–Kier alpha value is -1.37. The van der Waals surface area contributed by atoms with Gasteiger partial charge in [0.2, 0.25) is 7.29 Å². The molecule has 0 amide bonds. The van der Waals surface area contributed by atoms with Crippen LogP contribution >= 0.6 is 7.29 Å². The highest BCUT2D eigenvalue weighted by molar-refractivity contribution is 7.76. The van der Waals surface area contributed by atoms with E-state index in [1.165, 1.54) is 0 Å². The Morgan fingerprint density at radius 2 is 1.09 bits per heavy atom. The number of benzene rings is 2. The summed E-state index contributed by atoms with van der Waals surface area (Å²) in [5, 5.41) is 1.85. The fourth-order valence-electron chi connectivity index (χ4n) is 2.88. The Bertz CT molecular complexity index is 584. The van der Waals surface area contributed by atoms with Gasteiger partial charge in [0.15, 0.2) is 0 Å². The van der Waals surface area contributed by atoms with E-state index in [1.807, 2.05) is 60.7 Å². The van der Waals surface area contributed by atoms with Crippen LogP contribution in [0.5, 0.6) is 0 Å². The monoisotopic (exact) mass is 329 g/mol. The first-order valence-electron chi connectivity index (χ1n) is 8.41. The summed E-state index contributed by atoms with van der Waals surface area (Å²) >= 11 is 0. The molecule has 23 heavy (non-hydrogen) atoms. The second-order valence-corrected chi connectivity index (χ2v) is 9.66. The molecule has 0 aliphatic rings. The van der Waals surface area contributed by atoms with Crippen molar-refractivity contribution >= 4 is 17.9 Å². The number of hydrogen-bond donors (Lipinski definition) is 0. The van der Waals surface area contributed by atoms with E-state index in [0.29, 0.717) is 11.8 Å². The van der Waals surface area contributed by atoms with Crippen molar-refractivity contribution in [3.63, 3.8) is 0 Å². The van der Waals surface area contributed by atoms with E-state index >= 15 is 0 Å². The second-order valence-electron chi connectivity index (χ2n) is 6.91. The molecule has 0 aliphatic heterocycles. The fraction of sp³-hybridized carbons (Fsp3) is 0.400. The highest BCUT2D eigenvalue weighted by atomic mass is 31.2. The molecule has 0 radical (unpaired) electrons. The molecule has 0 aromatic heterocycles. The molecule has 2 aromatic rings. The van der Waals surface area contributed by atoms with Crippen molar-refractivity contribution in [1.82, 2.24) is 4.67 Å². The molecule has 0 fully saturated rings. The summed E-state index contributed by atoms with van der Waals surface area (Å²) in [5.41, 5.74) is 0. The summed E-state index contributed by atoms with van der Waals surface area (Å²) in [6.45, 7) is 10.4. The van der Waals surface area contributed by atoms with Crippen molar-refractivity contribution in [3.8, 4) is 0 Å². The predicted octanol–water partition coefficient (Wildman–Crippen LogP) is 4.53. The van der Waals surface area contributed by atoms with Gasteiger partial charge < -0.3 is 0 Å². The molecule has 0 bridgehead atoms. The zero-order valence-corrected chi connectivity index (χ0v) is 15.5. The minimum Gasteiger partial charge on any atom is -0.296 e. The SMILES string of the molecule is CC(C)CN(CC(C)C)P(=O)(c1ccccc1)c1ccccc1. The molecule has 0 aliphatic carbocycles. The molecular formula is C20H28NOP. The number of nitrogens with zero attached hydrogens (tertiary/aromatic N) is 1. The predicted molar refractivity (Wildman–Crippen MR) is 101 cm³/mol. The van der Waals surface area contributed by atoms with E-state index in [-0.39, 0.29) is 0 Å². The van der Waals surface area contributed by atoms with Gasteiger partial charge in [0.25, 0.3) is 0 Å². The standard InChI is InChI=1S/C20H28NOP/c1-17(2)15-21(16-18(3)4)23(22,19-11-7-5-8-12-19)20-13-9-6-10-14-20/h5-14,17-18H,15-16H2,1-4H3. The lowest BCUT2D eigenvalue weighted by Gasteiger charge is -2.35. The molecule has 0 saturated heterocycles. The highest BCUT2D eigenvalue weighted by Crippen LogP contribution is 2.48. The van der Waals surface area contributed by atoms with Crippen LogP contribution in [-0.2, 0) is 4.57 Å². The molecule has 2 nitrogen and oxygen atoms in total. The summed E-state index contributed by atoms with van der Waals surface area (Å²) in [7, 11) is -2.81. The van der Waals surface area contributed by atoms with E-state index in [2.05, 4.69) is 32.4 Å². The summed E-state index contributed by atoms with van der Waals surface area (Å²) in [6, 6.07) is 19.9. The lowest BCUT2D eigenvalue weighted by Crippen LogP contribution is -2.37. The summed E-state index contributed by atoms with van der Waals surface area (Å²) in [5.74, 6) is 0.934. The molecule has 0 spiro atoms. The maximum atomic E-state index is 14.3. The number of hydrogen-bond acceptors (Lipinski definition) is 1. The van der Waals surface area contributed by atoms with Gasteiger partial charge in [-0.15, -0.1) is 0 Å². The third-order valence-electron chi connectivity index (χ3n) is 3.76. The first-order chi connectivity index (χ1) is 10.9. The van der Waals surface area contributed by atoms with Crippen molar-refractivity contribution in [3.05, 3.63) is 60.7 Å². The van der Waals surface area contributed by atoms with Gasteiger partial charge in [-0.05, 0) is 36.1 Å². The largest absolute Gasteiger partial charge is 0.296 e. The van der Waals surface area contributed by atoms with Crippen LogP contribution in [0.25, 0.3) is 0 Å². The molecule has 0 saturated carbocycles. The van der Waals surface area contributed by atoms with Crippen LogP contribution in [0.15, 0.2) is 60.7 Å². The fourth-order valence-corrected chi connectivity index (χ4v) is 6.10. The normalized spacial score (nSPS) is 12.3. The Labute approximate surface area is 141 Å². The van der Waals surface area contributed by atoms with Gasteiger partial charge >= 0.3 is 0 Å². The topological polar surface area (TPSA) is 20.3 Å². The first kappa shape index (κ1) is 18.0. The van der Waals surface area contributed by atoms with Crippen LogP contribution in [0, 0.1) is 11.8 Å². The molecule has 2 rings (SSSR count). The Balaban J connectivity index is 2.58. The van der Waals surface area contributed by atoms with E-state index in [1.54, 1.807) is 0 Å². The first-order valence-corrected chi connectivity index (χ1v) is 10.1. The van der Waals surface area contributed by atoms with Gasteiger partial charge in [0.05, 0.1) is 0 Å². The third kappa shape index (κ3) is 4.34. The zero-order valence-electron chi connectivity index (χ0n) is 14.6. The Morgan fingerprint density at radius 3 is 1.39 bits per heavy atom. The van der Waals surface area contributed by atoms with Crippen LogP contribution in [0.1, 0.15) is 27.7 Å². The van der Waals surface area contributed by atoms with Gasteiger partial charge in [0.1, 0.15) is 0 Å². The highest BCUT2D eigenvalue weighted by Gasteiger charge is 2.34. The molecule has 2 aromatic carbocycles. The van der Waals surface area contributed by atoms with Crippen molar-refractivity contribution < 1.29 is 4.57 Å². The van der Waals surface area contributed by atoms with Crippen LogP contribution in [0.2, 0.25) is 0 Å². The quantitative estimate of drug-likeness (QED) is 0.696. The lowest BCUT2D eigenvalue weighted by molar-refractivity contribution is 0.339. The van der Waals surface area contributed by atoms with Gasteiger partial charge in [0, 0.05) is 23.7 Å². The van der Waals surface area contributed by atoms with Crippen LogP contribution in [0.4, 0.5) is 0 Å². The molecule has 0 unspecified atom stereocenters. The van der Waals surface area contributed by atoms with E-state index in [9.17, 15) is 4.57 Å². The maximum Gasteiger partial charge on any atom is 0.207 e. The van der Waals surface area contributed by atoms with Crippen molar-refractivity contribution in [2.24, 2.45) is 11.8 Å². The average molecular weight is 329 g/mol. The third-order valence-corrected chi connectivity index (χ3v) is 6.88. The van der Waals surface area contributed by atoms with Gasteiger partial charge in [-0.25, -0.2) is 4.67 Å². The average Bonchev–Trinajstić information content (AvgIpc) is 2.54. The number of rotatable bonds is 7. The minimum absolute atomic E-state index is 0.467. The molecule has 0 N–H and O–H groups in total. The van der Waals surface area contributed by atoms with Crippen LogP contribution < -0.4 is 10.6 Å². The van der Waals surface area contributed by atoms with Crippen molar-refractivity contribution in [2.45, 2.75) is 27.7 Å². The minimum atomic E-state index is -2.81. The molecule has 0 atom stereocenters. The second kappa shape index (κ2) is 7.95. The van der Waals surface area contributed by atoms with E-state index in [4.69, 9.17) is 0 Å².